The molecular formula is C10H18Cl2N2. The Balaban J connectivity index is 0. The highest BCUT2D eigenvalue weighted by atomic mass is 35.5. The van der Waals surface area contributed by atoms with Gasteiger partial charge in [-0.15, -0.1) is 24.8 Å². The smallest absolute Gasteiger partial charge is 0.0314 e. The molecule has 0 aliphatic heterocycles. The Morgan fingerprint density at radius 1 is 1.14 bits per heavy atom. The van der Waals surface area contributed by atoms with Crippen molar-refractivity contribution < 1.29 is 0 Å². The molecule has 0 spiro atoms. The van der Waals surface area contributed by atoms with Crippen molar-refractivity contribution in [3.63, 3.8) is 0 Å². The van der Waals surface area contributed by atoms with Gasteiger partial charge in [-0.1, -0.05) is 25.5 Å². The Bertz CT molecular complexity index is 236. The highest BCUT2D eigenvalue weighted by Crippen LogP contribution is 2.16. The third-order valence-electron chi connectivity index (χ3n) is 1.96. The molecule has 1 rings (SSSR count). The summed E-state index contributed by atoms with van der Waals surface area (Å²) in [4.78, 5) is 0. The minimum absolute atomic E-state index is 0. The lowest BCUT2D eigenvalue weighted by molar-refractivity contribution is 0.638. The Morgan fingerprint density at radius 3 is 2.07 bits per heavy atom. The monoisotopic (exact) mass is 236 g/mol. The summed E-state index contributed by atoms with van der Waals surface area (Å²) in [5.74, 6) is 0. The molecule has 0 saturated carbocycles. The molecule has 0 radical (unpaired) electrons. The summed E-state index contributed by atoms with van der Waals surface area (Å²) in [7, 11) is 0. The molecule has 4 N–H and O–H groups in total. The van der Waals surface area contributed by atoms with Crippen LogP contribution in [0.1, 0.15) is 31.4 Å². The molecule has 0 aliphatic carbocycles. The standard InChI is InChI=1S/C10H16N2.2ClH/c1-2-3-10(12)8-4-6-9(11)7-5-8;;/h4-7,10H,2-3,11-12H2,1H3;2*1H/t10-;;/m1../s1. The maximum Gasteiger partial charge on any atom is 0.0314 e. The van der Waals surface area contributed by atoms with Crippen molar-refractivity contribution in [2.45, 2.75) is 25.8 Å². The number of nitrogens with two attached hydrogens (primary N) is 2. The molecule has 14 heavy (non-hydrogen) atoms. The zero-order chi connectivity index (χ0) is 8.97. The first-order valence-electron chi connectivity index (χ1n) is 4.35. The van der Waals surface area contributed by atoms with Gasteiger partial charge >= 0.3 is 0 Å². The quantitative estimate of drug-likeness (QED) is 0.794. The van der Waals surface area contributed by atoms with Crippen LogP contribution in [0.25, 0.3) is 0 Å². The van der Waals surface area contributed by atoms with Crippen LogP contribution in [0.2, 0.25) is 0 Å². The largest absolute Gasteiger partial charge is 0.399 e. The van der Waals surface area contributed by atoms with Crippen LogP contribution in [0.4, 0.5) is 5.69 Å². The molecule has 1 aromatic carbocycles. The molecule has 1 aromatic rings. The zero-order valence-electron chi connectivity index (χ0n) is 8.27. The second-order valence-electron chi connectivity index (χ2n) is 3.06. The van der Waals surface area contributed by atoms with Gasteiger partial charge in [-0.25, -0.2) is 0 Å². The molecule has 82 valence electrons. The van der Waals surface area contributed by atoms with E-state index in [4.69, 9.17) is 11.5 Å². The van der Waals surface area contributed by atoms with Crippen LogP contribution in [-0.4, -0.2) is 0 Å². The summed E-state index contributed by atoms with van der Waals surface area (Å²) in [6, 6.07) is 7.94. The number of halogens is 2. The molecule has 0 unspecified atom stereocenters. The van der Waals surface area contributed by atoms with Crippen LogP contribution >= 0.6 is 24.8 Å². The van der Waals surface area contributed by atoms with Gasteiger partial charge in [0.15, 0.2) is 0 Å². The van der Waals surface area contributed by atoms with E-state index in [-0.39, 0.29) is 30.9 Å². The molecule has 0 aromatic heterocycles. The first-order valence-corrected chi connectivity index (χ1v) is 4.35. The second-order valence-corrected chi connectivity index (χ2v) is 3.06. The molecule has 0 aliphatic rings. The van der Waals surface area contributed by atoms with E-state index in [0.29, 0.717) is 0 Å². The third-order valence-corrected chi connectivity index (χ3v) is 1.96. The van der Waals surface area contributed by atoms with Crippen LogP contribution in [-0.2, 0) is 0 Å². The van der Waals surface area contributed by atoms with Gasteiger partial charge in [0.25, 0.3) is 0 Å². The molecule has 1 atom stereocenters. The number of hydrogen-bond donors (Lipinski definition) is 2. The van der Waals surface area contributed by atoms with E-state index >= 15 is 0 Å². The van der Waals surface area contributed by atoms with E-state index in [9.17, 15) is 0 Å². The fraction of sp³-hybridized carbons (Fsp3) is 0.400. The molecule has 0 bridgehead atoms. The molecule has 0 saturated heterocycles. The average molecular weight is 237 g/mol. The summed E-state index contributed by atoms with van der Waals surface area (Å²) in [5, 5.41) is 0. The van der Waals surface area contributed by atoms with Gasteiger partial charge in [-0.05, 0) is 24.1 Å². The van der Waals surface area contributed by atoms with E-state index in [1.165, 1.54) is 5.56 Å². The lowest BCUT2D eigenvalue weighted by Gasteiger charge is -2.10. The molecule has 4 heteroatoms. The van der Waals surface area contributed by atoms with Crippen LogP contribution < -0.4 is 11.5 Å². The SMILES string of the molecule is CCC[C@@H](N)c1ccc(N)cc1.Cl.Cl. The van der Waals surface area contributed by atoms with Gasteiger partial charge in [0.2, 0.25) is 0 Å². The first kappa shape index (κ1) is 16.0. The number of anilines is 1. The van der Waals surface area contributed by atoms with E-state index in [0.717, 1.165) is 18.5 Å². The van der Waals surface area contributed by atoms with Crippen LogP contribution in [0.3, 0.4) is 0 Å². The van der Waals surface area contributed by atoms with Gasteiger partial charge in [0.05, 0.1) is 0 Å². The fourth-order valence-corrected chi connectivity index (χ4v) is 1.22. The van der Waals surface area contributed by atoms with Crippen LogP contribution in [0.5, 0.6) is 0 Å². The van der Waals surface area contributed by atoms with Crippen molar-refractivity contribution in [2.75, 3.05) is 5.73 Å². The van der Waals surface area contributed by atoms with Crippen molar-refractivity contribution >= 4 is 30.5 Å². The fourth-order valence-electron chi connectivity index (χ4n) is 1.22. The number of nitrogen functional groups attached to an aromatic ring is 1. The van der Waals surface area contributed by atoms with Gasteiger partial charge in [-0.3, -0.25) is 0 Å². The molecule has 0 heterocycles. The topological polar surface area (TPSA) is 52.0 Å². The lowest BCUT2D eigenvalue weighted by Crippen LogP contribution is -2.09. The van der Waals surface area contributed by atoms with Crippen molar-refractivity contribution in [1.82, 2.24) is 0 Å². The van der Waals surface area contributed by atoms with Gasteiger partial charge < -0.3 is 11.5 Å². The maximum absolute atomic E-state index is 5.91. The highest BCUT2D eigenvalue weighted by molar-refractivity contribution is 5.85. The number of hydrogen-bond acceptors (Lipinski definition) is 2. The third kappa shape index (κ3) is 4.70. The molecular weight excluding hydrogens is 219 g/mol. The lowest BCUT2D eigenvalue weighted by atomic mass is 10.0. The highest BCUT2D eigenvalue weighted by Gasteiger charge is 2.02. The van der Waals surface area contributed by atoms with Crippen LogP contribution in [0.15, 0.2) is 24.3 Å². The van der Waals surface area contributed by atoms with E-state index in [2.05, 4.69) is 6.92 Å². The van der Waals surface area contributed by atoms with Crippen molar-refractivity contribution in [1.29, 1.82) is 0 Å². The van der Waals surface area contributed by atoms with E-state index < -0.39 is 0 Å². The van der Waals surface area contributed by atoms with E-state index in [1.54, 1.807) is 0 Å². The summed E-state index contributed by atoms with van der Waals surface area (Å²) < 4.78 is 0. The number of benzene rings is 1. The normalized spacial score (nSPS) is 11.0. The van der Waals surface area contributed by atoms with E-state index in [1.807, 2.05) is 24.3 Å². The minimum Gasteiger partial charge on any atom is -0.399 e. The molecule has 0 amide bonds. The molecule has 0 fully saturated rings. The van der Waals surface area contributed by atoms with Crippen molar-refractivity contribution in [2.24, 2.45) is 5.73 Å². The Labute approximate surface area is 97.9 Å². The van der Waals surface area contributed by atoms with Crippen molar-refractivity contribution in [3.05, 3.63) is 29.8 Å². The summed E-state index contributed by atoms with van der Waals surface area (Å²) in [6.07, 6.45) is 2.15. The Morgan fingerprint density at radius 2 is 1.64 bits per heavy atom. The van der Waals surface area contributed by atoms with Crippen LogP contribution in [0, 0.1) is 0 Å². The van der Waals surface area contributed by atoms with Gasteiger partial charge in [0.1, 0.15) is 0 Å². The average Bonchev–Trinajstić information content (AvgIpc) is 2.06. The Kier molecular flexibility index (Phi) is 9.05. The molecule has 2 nitrogen and oxygen atoms in total. The predicted octanol–water partition coefficient (Wildman–Crippen LogP) is 2.91. The second kappa shape index (κ2) is 7.92. The summed E-state index contributed by atoms with van der Waals surface area (Å²) in [5.41, 5.74) is 13.4. The maximum atomic E-state index is 5.91. The first-order chi connectivity index (χ1) is 5.74. The summed E-state index contributed by atoms with van der Waals surface area (Å²) in [6.45, 7) is 2.14. The summed E-state index contributed by atoms with van der Waals surface area (Å²) >= 11 is 0. The van der Waals surface area contributed by atoms with Gasteiger partial charge in [-0.2, -0.15) is 0 Å². The minimum atomic E-state index is 0. The Hall–Kier alpha value is -0.440. The van der Waals surface area contributed by atoms with Gasteiger partial charge in [0, 0.05) is 11.7 Å². The predicted molar refractivity (Wildman–Crippen MR) is 67.2 cm³/mol. The number of rotatable bonds is 3. The zero-order valence-corrected chi connectivity index (χ0v) is 9.91. The van der Waals surface area contributed by atoms with Crippen molar-refractivity contribution in [3.8, 4) is 0 Å².